The Hall–Kier alpha value is -2.15. The van der Waals surface area contributed by atoms with E-state index in [0.717, 1.165) is 6.07 Å². The number of nitrogen functional groups attached to an aromatic ring is 1. The van der Waals surface area contributed by atoms with Crippen molar-refractivity contribution in [1.29, 1.82) is 0 Å². The van der Waals surface area contributed by atoms with Crippen molar-refractivity contribution in [3.05, 3.63) is 52.3 Å². The highest BCUT2D eigenvalue weighted by Crippen LogP contribution is 2.26. The van der Waals surface area contributed by atoms with Crippen LogP contribution in [0.2, 0.25) is 0 Å². The van der Waals surface area contributed by atoms with Gasteiger partial charge in [0.15, 0.2) is 23.8 Å². The van der Waals surface area contributed by atoms with Crippen LogP contribution in [0, 0.1) is 11.6 Å². The zero-order valence-electron chi connectivity index (χ0n) is 10.6. The zero-order valence-corrected chi connectivity index (χ0v) is 12.2. The van der Waals surface area contributed by atoms with Gasteiger partial charge in [-0.1, -0.05) is 15.9 Å². The van der Waals surface area contributed by atoms with Crippen molar-refractivity contribution in [2.45, 2.75) is 6.61 Å². The molecule has 3 aromatic rings. The van der Waals surface area contributed by atoms with Crippen LogP contribution < -0.4 is 10.5 Å². The van der Waals surface area contributed by atoms with Gasteiger partial charge in [-0.2, -0.15) is 4.39 Å². The predicted octanol–water partition coefficient (Wildman–Crippen LogP) is 4.03. The number of rotatable bonds is 3. The molecule has 108 valence electrons. The Bertz CT molecular complexity index is 820. The van der Waals surface area contributed by atoms with E-state index in [4.69, 9.17) is 14.9 Å². The summed E-state index contributed by atoms with van der Waals surface area (Å²) in [7, 11) is 0. The summed E-state index contributed by atoms with van der Waals surface area (Å²) in [4.78, 5) is 4.17. The molecule has 1 heterocycles. The second-order valence-electron chi connectivity index (χ2n) is 4.32. The lowest BCUT2D eigenvalue weighted by molar-refractivity contribution is 0.251. The molecule has 21 heavy (non-hydrogen) atoms. The van der Waals surface area contributed by atoms with E-state index in [9.17, 15) is 8.78 Å². The fourth-order valence-corrected chi connectivity index (χ4v) is 2.24. The Morgan fingerprint density at radius 1 is 1.24 bits per heavy atom. The van der Waals surface area contributed by atoms with Gasteiger partial charge in [0.2, 0.25) is 11.7 Å². The van der Waals surface area contributed by atoms with E-state index in [-0.39, 0.29) is 18.2 Å². The van der Waals surface area contributed by atoms with Crippen molar-refractivity contribution in [1.82, 2.24) is 4.98 Å². The number of hydrogen-bond acceptors (Lipinski definition) is 4. The first-order valence-corrected chi connectivity index (χ1v) is 6.74. The highest BCUT2D eigenvalue weighted by atomic mass is 79.9. The molecule has 2 aromatic carbocycles. The maximum absolute atomic E-state index is 13.6. The second-order valence-corrected chi connectivity index (χ2v) is 5.24. The lowest BCUT2D eigenvalue weighted by Gasteiger charge is -2.06. The van der Waals surface area contributed by atoms with Gasteiger partial charge in [0, 0.05) is 16.2 Å². The highest BCUT2D eigenvalue weighted by Gasteiger charge is 2.13. The fraction of sp³-hybridized carbons (Fsp3) is 0.0714. The summed E-state index contributed by atoms with van der Waals surface area (Å²) in [5, 5.41) is 0. The number of halogens is 3. The number of ether oxygens (including phenoxy) is 1. The number of fused-ring (bicyclic) bond motifs is 1. The van der Waals surface area contributed by atoms with Crippen LogP contribution in [0.25, 0.3) is 11.1 Å². The molecule has 0 saturated carbocycles. The minimum absolute atomic E-state index is 0.124. The number of nitrogens with two attached hydrogens (primary N) is 1. The fourth-order valence-electron chi connectivity index (χ4n) is 1.83. The van der Waals surface area contributed by atoms with E-state index in [1.54, 1.807) is 18.2 Å². The molecule has 0 radical (unpaired) electrons. The molecule has 0 saturated heterocycles. The van der Waals surface area contributed by atoms with E-state index in [2.05, 4.69) is 20.9 Å². The van der Waals surface area contributed by atoms with Crippen molar-refractivity contribution in [2.75, 3.05) is 5.73 Å². The third-order valence-corrected chi connectivity index (χ3v) is 3.23. The van der Waals surface area contributed by atoms with Crippen LogP contribution in [0.5, 0.6) is 5.75 Å². The van der Waals surface area contributed by atoms with Crippen molar-refractivity contribution >= 4 is 32.7 Å². The van der Waals surface area contributed by atoms with Gasteiger partial charge in [-0.25, -0.2) is 9.37 Å². The van der Waals surface area contributed by atoms with Gasteiger partial charge in [-0.05, 0) is 24.3 Å². The standard InChI is InChI=1S/C14H9BrF2N2O2/c15-7-3-9(16)14(17)12(4-7)20-6-13-19-10-2-1-8(18)5-11(10)21-13/h1-5H,6,18H2. The summed E-state index contributed by atoms with van der Waals surface area (Å²) in [5.41, 5.74) is 7.31. The summed E-state index contributed by atoms with van der Waals surface area (Å²) >= 11 is 3.07. The quantitative estimate of drug-likeness (QED) is 0.569. The number of anilines is 1. The first kappa shape index (κ1) is 13.8. The van der Waals surface area contributed by atoms with Crippen LogP contribution in [0.1, 0.15) is 5.89 Å². The van der Waals surface area contributed by atoms with E-state index < -0.39 is 11.6 Å². The van der Waals surface area contributed by atoms with Gasteiger partial charge in [0.05, 0.1) is 0 Å². The molecule has 0 amide bonds. The lowest BCUT2D eigenvalue weighted by Crippen LogP contribution is -1.99. The van der Waals surface area contributed by atoms with Crippen molar-refractivity contribution in [2.24, 2.45) is 0 Å². The molecular formula is C14H9BrF2N2O2. The molecule has 0 aliphatic heterocycles. The Morgan fingerprint density at radius 3 is 2.86 bits per heavy atom. The third-order valence-electron chi connectivity index (χ3n) is 2.77. The van der Waals surface area contributed by atoms with Gasteiger partial charge in [-0.3, -0.25) is 0 Å². The first-order valence-electron chi connectivity index (χ1n) is 5.95. The van der Waals surface area contributed by atoms with Gasteiger partial charge >= 0.3 is 0 Å². The molecule has 0 fully saturated rings. The lowest BCUT2D eigenvalue weighted by atomic mass is 10.3. The van der Waals surface area contributed by atoms with Crippen LogP contribution >= 0.6 is 15.9 Å². The van der Waals surface area contributed by atoms with Gasteiger partial charge < -0.3 is 14.9 Å². The largest absolute Gasteiger partial charge is 0.481 e. The molecule has 0 aliphatic carbocycles. The monoisotopic (exact) mass is 354 g/mol. The minimum atomic E-state index is -1.06. The molecule has 2 N–H and O–H groups in total. The van der Waals surface area contributed by atoms with Crippen LogP contribution in [-0.2, 0) is 6.61 Å². The van der Waals surface area contributed by atoms with Crippen LogP contribution in [-0.4, -0.2) is 4.98 Å². The topological polar surface area (TPSA) is 61.3 Å². The normalized spacial score (nSPS) is 11.0. The highest BCUT2D eigenvalue weighted by molar-refractivity contribution is 9.10. The molecule has 7 heteroatoms. The number of benzene rings is 2. The van der Waals surface area contributed by atoms with E-state index in [1.807, 2.05) is 0 Å². The van der Waals surface area contributed by atoms with Crippen molar-refractivity contribution in [3.8, 4) is 5.75 Å². The molecule has 4 nitrogen and oxygen atoms in total. The maximum Gasteiger partial charge on any atom is 0.233 e. The number of hydrogen-bond donors (Lipinski definition) is 1. The Labute approximate surface area is 126 Å². The van der Waals surface area contributed by atoms with Crippen LogP contribution in [0.3, 0.4) is 0 Å². The van der Waals surface area contributed by atoms with E-state index >= 15 is 0 Å². The van der Waals surface area contributed by atoms with Gasteiger partial charge in [0.25, 0.3) is 0 Å². The number of oxazole rings is 1. The first-order chi connectivity index (χ1) is 10.0. The summed E-state index contributed by atoms with van der Waals surface area (Å²) < 4.78 is 37.8. The summed E-state index contributed by atoms with van der Waals surface area (Å²) in [6.45, 7) is -0.124. The summed E-state index contributed by atoms with van der Waals surface area (Å²) in [5.74, 6) is -2.03. The zero-order chi connectivity index (χ0) is 15.0. The SMILES string of the molecule is Nc1ccc2nc(COc3cc(Br)cc(F)c3F)oc2c1. The molecule has 1 aromatic heterocycles. The molecule has 0 aliphatic rings. The number of aromatic nitrogens is 1. The van der Waals surface area contributed by atoms with Crippen molar-refractivity contribution in [3.63, 3.8) is 0 Å². The molecule has 0 atom stereocenters. The number of nitrogens with zero attached hydrogens (tertiary/aromatic N) is 1. The smallest absolute Gasteiger partial charge is 0.233 e. The van der Waals surface area contributed by atoms with Crippen molar-refractivity contribution < 1.29 is 17.9 Å². The van der Waals surface area contributed by atoms with Crippen LogP contribution in [0.4, 0.5) is 14.5 Å². The molecule has 0 spiro atoms. The predicted molar refractivity (Wildman–Crippen MR) is 76.8 cm³/mol. The average molecular weight is 355 g/mol. The maximum atomic E-state index is 13.6. The van der Waals surface area contributed by atoms with E-state index in [0.29, 0.717) is 21.3 Å². The van der Waals surface area contributed by atoms with Gasteiger partial charge in [-0.15, -0.1) is 0 Å². The van der Waals surface area contributed by atoms with Crippen LogP contribution in [0.15, 0.2) is 39.2 Å². The molecular weight excluding hydrogens is 346 g/mol. The van der Waals surface area contributed by atoms with E-state index in [1.165, 1.54) is 6.07 Å². The minimum Gasteiger partial charge on any atom is -0.481 e. The molecule has 0 unspecified atom stereocenters. The summed E-state index contributed by atoms with van der Waals surface area (Å²) in [6.07, 6.45) is 0. The third kappa shape index (κ3) is 2.82. The second kappa shape index (κ2) is 5.33. The average Bonchev–Trinajstić information content (AvgIpc) is 2.83. The molecule has 0 bridgehead atoms. The Morgan fingerprint density at radius 2 is 2.05 bits per heavy atom. The molecule has 3 rings (SSSR count). The summed E-state index contributed by atoms with van der Waals surface area (Å²) in [6, 6.07) is 7.38. The Kier molecular flexibility index (Phi) is 3.50. The van der Waals surface area contributed by atoms with Gasteiger partial charge in [0.1, 0.15) is 5.52 Å². The Balaban J connectivity index is 1.83.